The largest absolute Gasteiger partial charge is 0.397 e. The van der Waals surface area contributed by atoms with E-state index in [1.165, 1.54) is 6.08 Å². The second-order valence-corrected chi connectivity index (χ2v) is 2.22. The fourth-order valence-electron chi connectivity index (χ4n) is 0.715. The summed E-state index contributed by atoms with van der Waals surface area (Å²) in [7, 11) is 0. The average Bonchev–Trinajstić information content (AvgIpc) is 2.18. The van der Waals surface area contributed by atoms with Crippen molar-refractivity contribution in [3.8, 4) is 0 Å². The van der Waals surface area contributed by atoms with Crippen LogP contribution in [-0.2, 0) is 4.79 Å². The first-order valence-corrected chi connectivity index (χ1v) is 4.13. The highest BCUT2D eigenvalue weighted by molar-refractivity contribution is 5.73. The predicted molar refractivity (Wildman–Crippen MR) is 54.3 cm³/mol. The van der Waals surface area contributed by atoms with Gasteiger partial charge in [0.15, 0.2) is 0 Å². The summed E-state index contributed by atoms with van der Waals surface area (Å²) >= 11 is 0. The van der Waals surface area contributed by atoms with Gasteiger partial charge in [0.25, 0.3) is 0 Å². The highest BCUT2D eigenvalue weighted by Gasteiger charge is 1.79. The minimum Gasteiger partial charge on any atom is -0.397 e. The Bertz CT molecular complexity index is 240. The lowest BCUT2D eigenvalue weighted by atomic mass is 10.2. The van der Waals surface area contributed by atoms with E-state index in [0.717, 1.165) is 11.8 Å². The molecule has 0 spiro atoms. The third kappa shape index (κ3) is 6.97. The van der Waals surface area contributed by atoms with Gasteiger partial charge in [-0.15, -0.1) is 0 Å². The summed E-state index contributed by atoms with van der Waals surface area (Å²) in [6.45, 7) is 1.93. The van der Waals surface area contributed by atoms with E-state index in [9.17, 15) is 4.79 Å². The van der Waals surface area contributed by atoms with Gasteiger partial charge in [0.1, 0.15) is 6.29 Å². The molecule has 2 heteroatoms. The predicted octanol–water partition coefficient (Wildman–Crippen LogP) is 1.90. The molecular weight excluding hydrogens is 164 g/mol. The van der Waals surface area contributed by atoms with Gasteiger partial charge in [-0.2, -0.15) is 0 Å². The maximum atomic E-state index is 9.89. The smallest absolute Gasteiger partial charge is 0.142 e. The van der Waals surface area contributed by atoms with Crippen molar-refractivity contribution in [2.75, 3.05) is 6.61 Å². The SMILES string of the molecule is CCO.O=C/C=C\c1ccccc1. The molecule has 0 aliphatic heterocycles. The van der Waals surface area contributed by atoms with Crippen molar-refractivity contribution in [1.29, 1.82) is 0 Å². The van der Waals surface area contributed by atoms with Gasteiger partial charge in [-0.05, 0) is 18.6 Å². The Balaban J connectivity index is 0.000000424. The fraction of sp³-hybridized carbons (Fsp3) is 0.182. The molecule has 0 bridgehead atoms. The van der Waals surface area contributed by atoms with E-state index in [1.54, 1.807) is 13.0 Å². The van der Waals surface area contributed by atoms with E-state index in [0.29, 0.717) is 0 Å². The molecular formula is C11H14O2. The number of hydrogen-bond acceptors (Lipinski definition) is 2. The zero-order chi connectivity index (χ0) is 9.94. The number of benzene rings is 1. The number of hydrogen-bond donors (Lipinski definition) is 1. The van der Waals surface area contributed by atoms with Crippen LogP contribution in [0.1, 0.15) is 12.5 Å². The van der Waals surface area contributed by atoms with Crippen LogP contribution in [0, 0.1) is 0 Å². The molecule has 1 aromatic carbocycles. The molecule has 0 aliphatic rings. The second kappa shape index (κ2) is 8.68. The molecule has 0 radical (unpaired) electrons. The maximum absolute atomic E-state index is 9.89. The van der Waals surface area contributed by atoms with Crippen LogP contribution in [0.5, 0.6) is 0 Å². The number of aliphatic hydroxyl groups excluding tert-OH is 1. The van der Waals surface area contributed by atoms with Gasteiger partial charge < -0.3 is 5.11 Å². The zero-order valence-electron chi connectivity index (χ0n) is 7.68. The van der Waals surface area contributed by atoms with Crippen molar-refractivity contribution in [1.82, 2.24) is 0 Å². The summed E-state index contributed by atoms with van der Waals surface area (Å²) in [5.41, 5.74) is 1.05. The molecule has 0 aromatic heterocycles. The summed E-state index contributed by atoms with van der Waals surface area (Å²) in [6, 6.07) is 9.70. The van der Waals surface area contributed by atoms with Crippen LogP contribution in [0.15, 0.2) is 36.4 Å². The number of aliphatic hydroxyl groups is 1. The lowest BCUT2D eigenvalue weighted by Crippen LogP contribution is -1.67. The van der Waals surface area contributed by atoms with Crippen LogP contribution in [-0.4, -0.2) is 18.0 Å². The normalized spacial score (nSPS) is 9.08. The molecule has 0 aliphatic carbocycles. The van der Waals surface area contributed by atoms with Crippen LogP contribution in [0.2, 0.25) is 0 Å². The molecule has 0 saturated heterocycles. The third-order valence-corrected chi connectivity index (χ3v) is 1.17. The molecule has 0 heterocycles. The maximum Gasteiger partial charge on any atom is 0.142 e. The zero-order valence-corrected chi connectivity index (χ0v) is 7.68. The molecule has 0 atom stereocenters. The monoisotopic (exact) mass is 178 g/mol. The van der Waals surface area contributed by atoms with Gasteiger partial charge in [-0.3, -0.25) is 4.79 Å². The van der Waals surface area contributed by atoms with E-state index in [1.807, 2.05) is 30.3 Å². The summed E-state index contributed by atoms with van der Waals surface area (Å²) in [6.07, 6.45) is 4.02. The molecule has 70 valence electrons. The van der Waals surface area contributed by atoms with Crippen molar-refractivity contribution >= 4 is 12.4 Å². The Morgan fingerprint density at radius 2 is 1.85 bits per heavy atom. The van der Waals surface area contributed by atoms with E-state index in [4.69, 9.17) is 5.11 Å². The lowest BCUT2D eigenvalue weighted by Gasteiger charge is -1.86. The minimum absolute atomic E-state index is 0.250. The van der Waals surface area contributed by atoms with E-state index < -0.39 is 0 Å². The van der Waals surface area contributed by atoms with Gasteiger partial charge in [0.2, 0.25) is 0 Å². The van der Waals surface area contributed by atoms with E-state index in [2.05, 4.69) is 0 Å². The van der Waals surface area contributed by atoms with E-state index in [-0.39, 0.29) is 6.61 Å². The summed E-state index contributed by atoms with van der Waals surface area (Å²) in [5.74, 6) is 0. The van der Waals surface area contributed by atoms with Crippen LogP contribution in [0.3, 0.4) is 0 Å². The van der Waals surface area contributed by atoms with Gasteiger partial charge in [0.05, 0.1) is 0 Å². The van der Waals surface area contributed by atoms with Crippen LogP contribution < -0.4 is 0 Å². The molecule has 13 heavy (non-hydrogen) atoms. The fourth-order valence-corrected chi connectivity index (χ4v) is 0.715. The topological polar surface area (TPSA) is 37.3 Å². The first kappa shape index (κ1) is 11.6. The molecule has 0 amide bonds. The van der Waals surface area contributed by atoms with Crippen LogP contribution in [0.25, 0.3) is 6.08 Å². The Morgan fingerprint density at radius 1 is 1.31 bits per heavy atom. The van der Waals surface area contributed by atoms with Crippen LogP contribution in [0.4, 0.5) is 0 Å². The number of rotatable bonds is 2. The van der Waals surface area contributed by atoms with Crippen molar-refractivity contribution < 1.29 is 9.90 Å². The van der Waals surface area contributed by atoms with Gasteiger partial charge >= 0.3 is 0 Å². The molecule has 0 unspecified atom stereocenters. The number of aldehydes is 1. The Kier molecular flexibility index (Phi) is 7.74. The van der Waals surface area contributed by atoms with Crippen molar-refractivity contribution in [3.63, 3.8) is 0 Å². The molecule has 0 saturated carbocycles. The Morgan fingerprint density at radius 3 is 2.31 bits per heavy atom. The molecule has 0 fully saturated rings. The van der Waals surface area contributed by atoms with Gasteiger partial charge in [-0.1, -0.05) is 36.4 Å². The van der Waals surface area contributed by atoms with Crippen molar-refractivity contribution in [3.05, 3.63) is 42.0 Å². The Labute approximate surface area is 78.5 Å². The molecule has 1 aromatic rings. The molecule has 1 N–H and O–H groups in total. The van der Waals surface area contributed by atoms with Crippen molar-refractivity contribution in [2.45, 2.75) is 6.92 Å². The third-order valence-electron chi connectivity index (χ3n) is 1.17. The minimum atomic E-state index is 0.250. The highest BCUT2D eigenvalue weighted by atomic mass is 16.2. The van der Waals surface area contributed by atoms with Crippen molar-refractivity contribution in [2.24, 2.45) is 0 Å². The lowest BCUT2D eigenvalue weighted by molar-refractivity contribution is -0.104. The van der Waals surface area contributed by atoms with Gasteiger partial charge in [0, 0.05) is 6.61 Å². The number of carbonyl (C=O) groups excluding carboxylic acids is 1. The van der Waals surface area contributed by atoms with Crippen LogP contribution >= 0.6 is 0 Å². The quantitative estimate of drug-likeness (QED) is 0.554. The van der Waals surface area contributed by atoms with Gasteiger partial charge in [-0.25, -0.2) is 0 Å². The second-order valence-electron chi connectivity index (χ2n) is 2.22. The summed E-state index contributed by atoms with van der Waals surface area (Å²) in [4.78, 5) is 9.89. The molecule has 1 rings (SSSR count). The summed E-state index contributed by atoms with van der Waals surface area (Å²) < 4.78 is 0. The number of allylic oxidation sites excluding steroid dienone is 1. The first-order chi connectivity index (χ1) is 6.35. The Hall–Kier alpha value is -1.41. The highest BCUT2D eigenvalue weighted by Crippen LogP contribution is 1.99. The average molecular weight is 178 g/mol. The number of carbonyl (C=O) groups is 1. The molecule has 2 nitrogen and oxygen atoms in total. The summed E-state index contributed by atoms with van der Waals surface area (Å²) in [5, 5.41) is 7.57. The van der Waals surface area contributed by atoms with E-state index >= 15 is 0 Å². The first-order valence-electron chi connectivity index (χ1n) is 4.13. The standard InChI is InChI=1S/C9H8O.C2H6O/c10-8-4-7-9-5-2-1-3-6-9;1-2-3/h1-8H;3H,2H2,1H3/b7-4-;.